The molecule has 0 atom stereocenters. The number of rotatable bonds is 8. The van der Waals surface area contributed by atoms with Crippen LogP contribution >= 0.6 is 12.6 Å². The van der Waals surface area contributed by atoms with E-state index in [1.807, 2.05) is 0 Å². The van der Waals surface area contributed by atoms with E-state index in [-0.39, 0.29) is 6.61 Å². The number of aliphatic hydroxyl groups is 1. The van der Waals surface area contributed by atoms with Gasteiger partial charge in [-0.05, 0) is 19.8 Å². The largest absolute Gasteiger partial charge is 0.397 e. The van der Waals surface area contributed by atoms with E-state index in [1.165, 1.54) is 51.4 Å². The normalized spacial score (nSPS) is 10.0. The van der Waals surface area contributed by atoms with E-state index >= 15 is 0 Å². The Bertz CT molecular complexity index is 86.5. The molecule has 0 bridgehead atoms. The summed E-state index contributed by atoms with van der Waals surface area (Å²) in [6.45, 7) is 6.44. The van der Waals surface area contributed by atoms with Crippen LogP contribution in [0.1, 0.15) is 72.1 Å². The second-order valence-corrected chi connectivity index (χ2v) is 4.69. The molecule has 0 rings (SSSR count). The van der Waals surface area contributed by atoms with E-state index in [0.29, 0.717) is 5.25 Å². The lowest BCUT2D eigenvalue weighted by atomic mass is 10.1. The predicted octanol–water partition coefficient (Wildman–Crippen LogP) is 4.44. The molecule has 94 valence electrons. The van der Waals surface area contributed by atoms with Crippen molar-refractivity contribution in [1.82, 2.24) is 0 Å². The summed E-state index contributed by atoms with van der Waals surface area (Å²) in [6, 6.07) is 0. The van der Waals surface area contributed by atoms with E-state index in [0.717, 1.165) is 0 Å². The lowest BCUT2D eigenvalue weighted by molar-refractivity contribution is 0.318. The molecule has 0 fully saturated rings. The summed E-state index contributed by atoms with van der Waals surface area (Å²) in [5, 5.41) is 8.24. The van der Waals surface area contributed by atoms with Gasteiger partial charge in [0.25, 0.3) is 0 Å². The maximum Gasteiger partial charge on any atom is 0.0402 e. The van der Waals surface area contributed by atoms with Crippen molar-refractivity contribution in [2.45, 2.75) is 77.4 Å². The van der Waals surface area contributed by atoms with Gasteiger partial charge in [0.15, 0.2) is 0 Å². The summed E-state index contributed by atoms with van der Waals surface area (Å²) in [7, 11) is 0. The second kappa shape index (κ2) is 16.7. The van der Waals surface area contributed by atoms with Crippen LogP contribution in [0, 0.1) is 0 Å². The van der Waals surface area contributed by atoms with Gasteiger partial charge in [-0.2, -0.15) is 12.6 Å². The van der Waals surface area contributed by atoms with Crippen molar-refractivity contribution in [1.29, 1.82) is 0 Å². The fraction of sp³-hybridized carbons (Fsp3) is 1.00. The molecule has 0 spiro atoms. The van der Waals surface area contributed by atoms with Gasteiger partial charge in [0, 0.05) is 11.9 Å². The molecule has 0 aromatic heterocycles. The summed E-state index contributed by atoms with van der Waals surface area (Å²) in [5.41, 5.74) is 0. The zero-order chi connectivity index (χ0) is 11.9. The van der Waals surface area contributed by atoms with Crippen molar-refractivity contribution in [3.63, 3.8) is 0 Å². The van der Waals surface area contributed by atoms with Crippen LogP contribution in [0.25, 0.3) is 0 Å². The first-order valence-corrected chi connectivity index (χ1v) is 7.03. The van der Waals surface area contributed by atoms with Crippen LogP contribution in [0.15, 0.2) is 0 Å². The first-order chi connectivity index (χ1) is 7.22. The fourth-order valence-electron chi connectivity index (χ4n) is 1.40. The fourth-order valence-corrected chi connectivity index (χ4v) is 1.77. The average Bonchev–Trinajstić information content (AvgIpc) is 2.20. The van der Waals surface area contributed by atoms with Gasteiger partial charge in [-0.25, -0.2) is 0 Å². The molecule has 0 aliphatic heterocycles. The number of aliphatic hydroxyl groups excluding tert-OH is 1. The molecule has 0 radical (unpaired) electrons. The Hall–Kier alpha value is 0.310. The van der Waals surface area contributed by atoms with Gasteiger partial charge in [0.1, 0.15) is 0 Å². The maximum atomic E-state index is 7.57. The van der Waals surface area contributed by atoms with Crippen molar-refractivity contribution in [3.8, 4) is 0 Å². The van der Waals surface area contributed by atoms with E-state index in [4.69, 9.17) is 5.11 Å². The third-order valence-electron chi connectivity index (χ3n) is 2.28. The molecular weight excluding hydrogens is 204 g/mol. The molecule has 0 aromatic carbocycles. The minimum Gasteiger partial charge on any atom is -0.397 e. The highest BCUT2D eigenvalue weighted by Crippen LogP contribution is 2.15. The summed E-state index contributed by atoms with van der Waals surface area (Å²) in [5.74, 6) is 0. The third kappa shape index (κ3) is 20.4. The van der Waals surface area contributed by atoms with Gasteiger partial charge < -0.3 is 5.11 Å². The van der Waals surface area contributed by atoms with Crippen LogP contribution in [0.4, 0.5) is 0 Å². The van der Waals surface area contributed by atoms with Crippen LogP contribution in [0.5, 0.6) is 0 Å². The van der Waals surface area contributed by atoms with Gasteiger partial charge in [0.05, 0.1) is 0 Å². The quantitative estimate of drug-likeness (QED) is 0.470. The van der Waals surface area contributed by atoms with E-state index in [1.54, 1.807) is 6.92 Å². The highest BCUT2D eigenvalue weighted by atomic mass is 32.1. The molecule has 0 aromatic rings. The molecule has 0 amide bonds. The lowest BCUT2D eigenvalue weighted by Crippen LogP contribution is -1.98. The molecule has 0 aliphatic rings. The topological polar surface area (TPSA) is 20.2 Å². The molecule has 1 nitrogen and oxygen atoms in total. The molecule has 0 saturated heterocycles. The van der Waals surface area contributed by atoms with Gasteiger partial charge in [-0.3, -0.25) is 0 Å². The molecular formula is C13H30OS. The first kappa shape index (κ1) is 17.7. The Morgan fingerprint density at radius 2 is 1.20 bits per heavy atom. The molecule has 1 N–H and O–H groups in total. The van der Waals surface area contributed by atoms with Crippen molar-refractivity contribution < 1.29 is 5.11 Å². The Morgan fingerprint density at radius 1 is 0.867 bits per heavy atom. The van der Waals surface area contributed by atoms with Crippen molar-refractivity contribution in [2.24, 2.45) is 0 Å². The Kier molecular flexibility index (Phi) is 19.7. The summed E-state index contributed by atoms with van der Waals surface area (Å²) < 4.78 is 0. The molecule has 0 heterocycles. The highest BCUT2D eigenvalue weighted by molar-refractivity contribution is 7.80. The Morgan fingerprint density at radius 3 is 1.47 bits per heavy atom. The minimum absolute atomic E-state index is 0.250. The zero-order valence-electron chi connectivity index (χ0n) is 10.8. The standard InChI is InChI=1S/C11H24S.C2H6O/c1-3-5-7-9-11(12)10-8-6-4-2;1-2-3/h11-12H,3-10H2,1-2H3;3H,2H2,1H3. The Labute approximate surface area is 102 Å². The maximum absolute atomic E-state index is 7.57. The molecule has 0 aliphatic carbocycles. The number of thiol groups is 1. The average molecular weight is 234 g/mol. The number of hydrogen-bond donors (Lipinski definition) is 2. The minimum atomic E-state index is 0.250. The molecule has 0 unspecified atom stereocenters. The van der Waals surface area contributed by atoms with Gasteiger partial charge in [0.2, 0.25) is 0 Å². The number of hydrogen-bond acceptors (Lipinski definition) is 2. The summed E-state index contributed by atoms with van der Waals surface area (Å²) >= 11 is 4.58. The van der Waals surface area contributed by atoms with Crippen LogP contribution in [0.3, 0.4) is 0 Å². The second-order valence-electron chi connectivity index (χ2n) is 3.96. The van der Waals surface area contributed by atoms with Gasteiger partial charge in [-0.15, -0.1) is 0 Å². The SMILES string of the molecule is CCCCCC(S)CCCCC.CCO. The molecule has 2 heteroatoms. The monoisotopic (exact) mass is 234 g/mol. The van der Waals surface area contributed by atoms with Crippen LogP contribution < -0.4 is 0 Å². The number of unbranched alkanes of at least 4 members (excludes halogenated alkanes) is 4. The van der Waals surface area contributed by atoms with Crippen molar-refractivity contribution >= 4 is 12.6 Å². The summed E-state index contributed by atoms with van der Waals surface area (Å²) in [4.78, 5) is 0. The first-order valence-electron chi connectivity index (χ1n) is 6.51. The van der Waals surface area contributed by atoms with Crippen molar-refractivity contribution in [3.05, 3.63) is 0 Å². The van der Waals surface area contributed by atoms with E-state index in [2.05, 4.69) is 26.5 Å². The highest BCUT2D eigenvalue weighted by Gasteiger charge is 2.01. The summed E-state index contributed by atoms with van der Waals surface area (Å²) in [6.07, 6.45) is 10.8. The van der Waals surface area contributed by atoms with Crippen LogP contribution in [0.2, 0.25) is 0 Å². The van der Waals surface area contributed by atoms with Gasteiger partial charge in [-0.1, -0.05) is 52.4 Å². The molecule has 15 heavy (non-hydrogen) atoms. The van der Waals surface area contributed by atoms with Gasteiger partial charge >= 0.3 is 0 Å². The third-order valence-corrected chi connectivity index (χ3v) is 2.80. The zero-order valence-corrected chi connectivity index (χ0v) is 11.7. The molecule has 0 saturated carbocycles. The van der Waals surface area contributed by atoms with Crippen LogP contribution in [-0.4, -0.2) is 17.0 Å². The van der Waals surface area contributed by atoms with E-state index in [9.17, 15) is 0 Å². The smallest absolute Gasteiger partial charge is 0.0402 e. The van der Waals surface area contributed by atoms with Crippen LogP contribution in [-0.2, 0) is 0 Å². The Balaban J connectivity index is 0. The van der Waals surface area contributed by atoms with E-state index < -0.39 is 0 Å². The predicted molar refractivity (Wildman–Crippen MR) is 73.8 cm³/mol. The lowest BCUT2D eigenvalue weighted by Gasteiger charge is -2.08. The van der Waals surface area contributed by atoms with Crippen molar-refractivity contribution in [2.75, 3.05) is 6.61 Å².